The summed E-state index contributed by atoms with van der Waals surface area (Å²) in [5, 5.41) is 12.8. The quantitative estimate of drug-likeness (QED) is 0.469. The number of carbonyl (C=O) groups excluding carboxylic acids is 2. The molecule has 0 aromatic carbocycles. The summed E-state index contributed by atoms with van der Waals surface area (Å²) in [5.41, 5.74) is -0.294. The molecule has 20 heavy (non-hydrogen) atoms. The molecule has 0 saturated carbocycles. The van der Waals surface area contributed by atoms with Gasteiger partial charge in [0.25, 0.3) is 12.3 Å². The fourth-order valence-electron chi connectivity index (χ4n) is 0.981. The molecular formula is C11H16F2N2O5. The van der Waals surface area contributed by atoms with Crippen LogP contribution in [0.25, 0.3) is 0 Å². The Kier molecular flexibility index (Phi) is 8.06. The normalized spacial score (nSPS) is 11.8. The second-order valence-electron chi connectivity index (χ2n) is 3.73. The molecule has 7 nitrogen and oxygen atoms in total. The first kappa shape index (κ1) is 18.0. The Morgan fingerprint density at radius 1 is 1.20 bits per heavy atom. The Bertz CT molecular complexity index is 410. The van der Waals surface area contributed by atoms with Gasteiger partial charge in [-0.3, -0.25) is 10.1 Å². The maximum absolute atomic E-state index is 11.7. The zero-order valence-corrected chi connectivity index (χ0v) is 11.0. The summed E-state index contributed by atoms with van der Waals surface area (Å²) >= 11 is 0. The zero-order chi connectivity index (χ0) is 15.7. The first-order chi connectivity index (χ1) is 9.25. The number of alkyl halides is 2. The van der Waals surface area contributed by atoms with E-state index in [-0.39, 0.29) is 24.3 Å². The molecule has 0 fully saturated rings. The molecule has 0 atom stereocenters. The molecular weight excluding hydrogens is 278 g/mol. The molecule has 0 radical (unpaired) electrons. The van der Waals surface area contributed by atoms with Gasteiger partial charge in [-0.2, -0.15) is 0 Å². The van der Waals surface area contributed by atoms with Crippen LogP contribution in [0.15, 0.2) is 11.1 Å². The highest BCUT2D eigenvalue weighted by molar-refractivity contribution is 6.07. The summed E-state index contributed by atoms with van der Waals surface area (Å²) in [6.45, 7) is 1.56. The van der Waals surface area contributed by atoms with Crippen LogP contribution in [-0.4, -0.2) is 49.2 Å². The number of imide groups is 1. The number of halogens is 2. The first-order valence-corrected chi connectivity index (χ1v) is 5.61. The van der Waals surface area contributed by atoms with Crippen molar-refractivity contribution in [3.63, 3.8) is 0 Å². The minimum Gasteiger partial charge on any atom is -0.478 e. The molecule has 114 valence electrons. The van der Waals surface area contributed by atoms with Crippen molar-refractivity contribution in [2.24, 2.45) is 0 Å². The van der Waals surface area contributed by atoms with E-state index < -0.39 is 30.9 Å². The van der Waals surface area contributed by atoms with E-state index in [1.54, 1.807) is 0 Å². The number of urea groups is 1. The molecule has 0 unspecified atom stereocenters. The Morgan fingerprint density at radius 3 is 2.30 bits per heavy atom. The fourth-order valence-corrected chi connectivity index (χ4v) is 0.981. The van der Waals surface area contributed by atoms with E-state index in [0.29, 0.717) is 0 Å². The van der Waals surface area contributed by atoms with Crippen LogP contribution in [0, 0.1) is 0 Å². The second kappa shape index (κ2) is 8.97. The molecule has 0 rings (SSSR count). The molecule has 3 N–H and O–H groups in total. The summed E-state index contributed by atoms with van der Waals surface area (Å²) in [6.07, 6.45) is -2.59. The van der Waals surface area contributed by atoms with Gasteiger partial charge in [-0.1, -0.05) is 0 Å². The number of carboxylic acid groups (broad SMARTS) is 1. The van der Waals surface area contributed by atoms with Gasteiger partial charge < -0.3 is 15.2 Å². The van der Waals surface area contributed by atoms with Gasteiger partial charge in [-0.05, 0) is 13.8 Å². The summed E-state index contributed by atoms with van der Waals surface area (Å²) in [6, 6.07) is -0.867. The average Bonchev–Trinajstić information content (AvgIpc) is 2.35. The van der Waals surface area contributed by atoms with E-state index in [1.165, 1.54) is 13.8 Å². The standard InChI is InChI=1S/C11H16F2N2O5/c1-6(7(2)10(17)18)9(16)15-11(19)14-3-4-20-5-8(12)13/h8H,3-5H2,1-2H3,(H,17,18)(H2,14,15,16,19). The number of hydrogen-bond acceptors (Lipinski definition) is 4. The molecule has 9 heteroatoms. The summed E-state index contributed by atoms with van der Waals surface area (Å²) in [5.74, 6) is -2.12. The van der Waals surface area contributed by atoms with Crippen molar-refractivity contribution in [2.75, 3.05) is 19.8 Å². The number of amides is 3. The van der Waals surface area contributed by atoms with Crippen LogP contribution in [-0.2, 0) is 14.3 Å². The lowest BCUT2D eigenvalue weighted by atomic mass is 10.1. The van der Waals surface area contributed by atoms with Gasteiger partial charge in [0.2, 0.25) is 0 Å². The minimum absolute atomic E-state index is 0.0630. The van der Waals surface area contributed by atoms with Crippen LogP contribution in [0.5, 0.6) is 0 Å². The third kappa shape index (κ3) is 7.41. The zero-order valence-electron chi connectivity index (χ0n) is 11.0. The fraction of sp³-hybridized carbons (Fsp3) is 0.545. The Hall–Kier alpha value is -2.03. The van der Waals surface area contributed by atoms with E-state index in [2.05, 4.69) is 10.1 Å². The van der Waals surface area contributed by atoms with E-state index in [1.807, 2.05) is 5.32 Å². The monoisotopic (exact) mass is 294 g/mol. The van der Waals surface area contributed by atoms with Crippen LogP contribution in [0.4, 0.5) is 13.6 Å². The molecule has 0 aliphatic rings. The van der Waals surface area contributed by atoms with Gasteiger partial charge in [0.05, 0.1) is 6.61 Å². The summed E-state index contributed by atoms with van der Waals surface area (Å²) < 4.78 is 27.9. The van der Waals surface area contributed by atoms with Crippen molar-refractivity contribution in [2.45, 2.75) is 20.3 Å². The maximum Gasteiger partial charge on any atom is 0.331 e. The molecule has 0 bridgehead atoms. The van der Waals surface area contributed by atoms with Crippen LogP contribution in [0.2, 0.25) is 0 Å². The number of rotatable bonds is 7. The predicted molar refractivity (Wildman–Crippen MR) is 64.4 cm³/mol. The van der Waals surface area contributed by atoms with Crippen LogP contribution in [0.3, 0.4) is 0 Å². The third-order valence-electron chi connectivity index (χ3n) is 2.23. The summed E-state index contributed by atoms with van der Waals surface area (Å²) in [7, 11) is 0. The number of carbonyl (C=O) groups is 3. The molecule has 0 aliphatic carbocycles. The van der Waals surface area contributed by atoms with E-state index >= 15 is 0 Å². The Morgan fingerprint density at radius 2 is 1.80 bits per heavy atom. The predicted octanol–water partition coefficient (Wildman–Crippen LogP) is 0.515. The minimum atomic E-state index is -2.59. The van der Waals surface area contributed by atoms with Crippen molar-refractivity contribution in [1.29, 1.82) is 0 Å². The van der Waals surface area contributed by atoms with Crippen molar-refractivity contribution >= 4 is 17.9 Å². The average molecular weight is 294 g/mol. The topological polar surface area (TPSA) is 105 Å². The summed E-state index contributed by atoms with van der Waals surface area (Å²) in [4.78, 5) is 33.3. The van der Waals surface area contributed by atoms with Crippen molar-refractivity contribution in [1.82, 2.24) is 10.6 Å². The van der Waals surface area contributed by atoms with Gasteiger partial charge in [-0.15, -0.1) is 0 Å². The van der Waals surface area contributed by atoms with Gasteiger partial charge >= 0.3 is 12.0 Å². The molecule has 0 saturated heterocycles. The number of hydrogen-bond donors (Lipinski definition) is 3. The molecule has 0 heterocycles. The van der Waals surface area contributed by atoms with Gasteiger partial charge in [0.1, 0.15) is 6.61 Å². The lowest BCUT2D eigenvalue weighted by molar-refractivity contribution is -0.133. The van der Waals surface area contributed by atoms with E-state index in [0.717, 1.165) is 0 Å². The van der Waals surface area contributed by atoms with Gasteiger partial charge in [-0.25, -0.2) is 18.4 Å². The van der Waals surface area contributed by atoms with Crippen LogP contribution >= 0.6 is 0 Å². The SMILES string of the molecule is CC(C(=O)O)=C(C)C(=O)NC(=O)NCCOCC(F)F. The number of nitrogens with one attached hydrogen (secondary N) is 2. The molecule has 0 aromatic heterocycles. The number of ether oxygens (including phenoxy) is 1. The highest BCUT2D eigenvalue weighted by Gasteiger charge is 2.14. The first-order valence-electron chi connectivity index (χ1n) is 5.61. The molecule has 0 aromatic rings. The van der Waals surface area contributed by atoms with Crippen molar-refractivity contribution in [3.05, 3.63) is 11.1 Å². The lowest BCUT2D eigenvalue weighted by Crippen LogP contribution is -2.41. The van der Waals surface area contributed by atoms with E-state index in [4.69, 9.17) is 5.11 Å². The van der Waals surface area contributed by atoms with Crippen LogP contribution < -0.4 is 10.6 Å². The van der Waals surface area contributed by atoms with E-state index in [9.17, 15) is 23.2 Å². The Balaban J connectivity index is 4.07. The molecule has 0 aliphatic heterocycles. The van der Waals surface area contributed by atoms with Crippen LogP contribution in [0.1, 0.15) is 13.8 Å². The highest BCUT2D eigenvalue weighted by atomic mass is 19.3. The van der Waals surface area contributed by atoms with Gasteiger partial charge in [0.15, 0.2) is 0 Å². The third-order valence-corrected chi connectivity index (χ3v) is 2.23. The number of carboxylic acids is 1. The highest BCUT2D eigenvalue weighted by Crippen LogP contribution is 2.03. The number of aliphatic carboxylic acids is 1. The van der Waals surface area contributed by atoms with Crippen molar-refractivity contribution in [3.8, 4) is 0 Å². The second-order valence-corrected chi connectivity index (χ2v) is 3.73. The lowest BCUT2D eigenvalue weighted by Gasteiger charge is -2.08. The molecule has 3 amide bonds. The maximum atomic E-state index is 11.7. The van der Waals surface area contributed by atoms with Gasteiger partial charge in [0, 0.05) is 17.7 Å². The molecule has 0 spiro atoms. The Labute approximate surface area is 114 Å². The van der Waals surface area contributed by atoms with Crippen molar-refractivity contribution < 1.29 is 33.0 Å². The largest absolute Gasteiger partial charge is 0.478 e. The smallest absolute Gasteiger partial charge is 0.331 e.